The van der Waals surface area contributed by atoms with Crippen molar-refractivity contribution in [2.24, 2.45) is 11.7 Å². The Labute approximate surface area is 120 Å². The standard InChI is InChI=1S/C15H26N2O3/c1-20-14(19)15(8-3-2-4-9-15)17-13(18)11-6-5-7-12(16)10-11/h11-12H,2-10,16H2,1H3,(H,17,18). The Kier molecular flexibility index (Phi) is 5.02. The van der Waals surface area contributed by atoms with Crippen molar-refractivity contribution in [3.05, 3.63) is 0 Å². The van der Waals surface area contributed by atoms with Gasteiger partial charge in [0.15, 0.2) is 0 Å². The first-order valence-electron chi connectivity index (χ1n) is 7.73. The van der Waals surface area contributed by atoms with Crippen LogP contribution in [-0.4, -0.2) is 30.6 Å². The van der Waals surface area contributed by atoms with Gasteiger partial charge in [0.05, 0.1) is 7.11 Å². The van der Waals surface area contributed by atoms with Crippen LogP contribution in [0.3, 0.4) is 0 Å². The molecule has 0 radical (unpaired) electrons. The Hall–Kier alpha value is -1.10. The van der Waals surface area contributed by atoms with E-state index in [0.29, 0.717) is 12.8 Å². The van der Waals surface area contributed by atoms with Gasteiger partial charge in [-0.05, 0) is 32.1 Å². The summed E-state index contributed by atoms with van der Waals surface area (Å²) in [7, 11) is 1.39. The Bertz CT molecular complexity index is 364. The quantitative estimate of drug-likeness (QED) is 0.769. The van der Waals surface area contributed by atoms with Crippen LogP contribution >= 0.6 is 0 Å². The van der Waals surface area contributed by atoms with Gasteiger partial charge in [-0.15, -0.1) is 0 Å². The molecule has 2 aliphatic rings. The molecule has 0 bridgehead atoms. The minimum atomic E-state index is -0.800. The third kappa shape index (κ3) is 3.32. The first kappa shape index (κ1) is 15.3. The number of amides is 1. The van der Waals surface area contributed by atoms with Crippen LogP contribution in [0, 0.1) is 5.92 Å². The van der Waals surface area contributed by atoms with Gasteiger partial charge >= 0.3 is 5.97 Å². The number of carbonyl (C=O) groups excluding carboxylic acids is 2. The maximum absolute atomic E-state index is 12.5. The van der Waals surface area contributed by atoms with Crippen molar-refractivity contribution in [3.8, 4) is 0 Å². The van der Waals surface area contributed by atoms with E-state index < -0.39 is 5.54 Å². The molecule has 3 N–H and O–H groups in total. The summed E-state index contributed by atoms with van der Waals surface area (Å²) in [6, 6.07) is 0.111. The Morgan fingerprint density at radius 2 is 1.85 bits per heavy atom. The molecule has 0 heterocycles. The number of hydrogen-bond acceptors (Lipinski definition) is 4. The van der Waals surface area contributed by atoms with Crippen molar-refractivity contribution in [1.82, 2.24) is 5.32 Å². The highest BCUT2D eigenvalue weighted by atomic mass is 16.5. The second kappa shape index (κ2) is 6.57. The number of rotatable bonds is 3. The van der Waals surface area contributed by atoms with Gasteiger partial charge < -0.3 is 15.8 Å². The highest BCUT2D eigenvalue weighted by molar-refractivity contribution is 5.89. The van der Waals surface area contributed by atoms with E-state index in [4.69, 9.17) is 10.5 Å². The number of methoxy groups -OCH3 is 1. The molecule has 20 heavy (non-hydrogen) atoms. The van der Waals surface area contributed by atoms with Gasteiger partial charge in [-0.3, -0.25) is 4.79 Å². The number of hydrogen-bond donors (Lipinski definition) is 2. The van der Waals surface area contributed by atoms with E-state index in [9.17, 15) is 9.59 Å². The van der Waals surface area contributed by atoms with Gasteiger partial charge in [0, 0.05) is 12.0 Å². The zero-order chi connectivity index (χ0) is 14.6. The van der Waals surface area contributed by atoms with Crippen molar-refractivity contribution < 1.29 is 14.3 Å². The normalized spacial score (nSPS) is 29.5. The molecule has 2 unspecified atom stereocenters. The molecule has 114 valence electrons. The van der Waals surface area contributed by atoms with Crippen molar-refractivity contribution in [2.75, 3.05) is 7.11 Å². The molecule has 1 amide bonds. The molecule has 2 aliphatic carbocycles. The van der Waals surface area contributed by atoms with Gasteiger partial charge in [-0.2, -0.15) is 0 Å². The van der Waals surface area contributed by atoms with Crippen molar-refractivity contribution in [3.63, 3.8) is 0 Å². The van der Waals surface area contributed by atoms with Crippen molar-refractivity contribution in [1.29, 1.82) is 0 Å². The van der Waals surface area contributed by atoms with Gasteiger partial charge in [-0.25, -0.2) is 4.79 Å². The topological polar surface area (TPSA) is 81.4 Å². The lowest BCUT2D eigenvalue weighted by Gasteiger charge is -2.37. The second-order valence-corrected chi connectivity index (χ2v) is 6.25. The average molecular weight is 282 g/mol. The number of ether oxygens (including phenoxy) is 1. The third-order valence-corrected chi connectivity index (χ3v) is 4.73. The molecular formula is C15H26N2O3. The molecule has 0 aromatic rings. The Balaban J connectivity index is 2.03. The highest BCUT2D eigenvalue weighted by Crippen LogP contribution is 2.31. The molecular weight excluding hydrogens is 256 g/mol. The van der Waals surface area contributed by atoms with E-state index in [1.165, 1.54) is 7.11 Å². The van der Waals surface area contributed by atoms with Crippen LogP contribution in [-0.2, 0) is 14.3 Å². The molecule has 0 spiro atoms. The Morgan fingerprint density at radius 3 is 2.45 bits per heavy atom. The molecule has 2 rings (SSSR count). The first-order valence-corrected chi connectivity index (χ1v) is 7.73. The number of carbonyl (C=O) groups is 2. The lowest BCUT2D eigenvalue weighted by atomic mass is 9.80. The van der Waals surface area contributed by atoms with Crippen LogP contribution in [0.1, 0.15) is 57.8 Å². The lowest BCUT2D eigenvalue weighted by Crippen LogP contribution is -2.57. The minimum Gasteiger partial charge on any atom is -0.467 e. The molecule has 0 saturated heterocycles. The third-order valence-electron chi connectivity index (χ3n) is 4.73. The monoisotopic (exact) mass is 282 g/mol. The van der Waals surface area contributed by atoms with E-state index in [0.717, 1.165) is 44.9 Å². The zero-order valence-electron chi connectivity index (χ0n) is 12.3. The maximum Gasteiger partial charge on any atom is 0.331 e. The SMILES string of the molecule is COC(=O)C1(NC(=O)C2CCCC(N)C2)CCCCC1. The van der Waals surface area contributed by atoms with Crippen LogP contribution < -0.4 is 11.1 Å². The Morgan fingerprint density at radius 1 is 1.15 bits per heavy atom. The van der Waals surface area contributed by atoms with Crippen LogP contribution in [0.4, 0.5) is 0 Å². The molecule has 5 nitrogen and oxygen atoms in total. The van der Waals surface area contributed by atoms with Gasteiger partial charge in [0.2, 0.25) is 5.91 Å². The summed E-state index contributed by atoms with van der Waals surface area (Å²) in [4.78, 5) is 24.6. The maximum atomic E-state index is 12.5. The van der Waals surface area contributed by atoms with Crippen LogP contribution in [0.25, 0.3) is 0 Å². The molecule has 0 aliphatic heterocycles. The van der Waals surface area contributed by atoms with Crippen molar-refractivity contribution >= 4 is 11.9 Å². The molecule has 2 saturated carbocycles. The summed E-state index contributed by atoms with van der Waals surface area (Å²) in [5, 5.41) is 3.00. The fourth-order valence-corrected chi connectivity index (χ4v) is 3.53. The predicted octanol–water partition coefficient (Wildman–Crippen LogP) is 1.50. The summed E-state index contributed by atoms with van der Waals surface area (Å²) >= 11 is 0. The highest BCUT2D eigenvalue weighted by Gasteiger charge is 2.43. The summed E-state index contributed by atoms with van der Waals surface area (Å²) < 4.78 is 4.92. The van der Waals surface area contributed by atoms with Gasteiger partial charge in [0.1, 0.15) is 5.54 Å². The summed E-state index contributed by atoms with van der Waals surface area (Å²) in [5.74, 6) is -0.375. The fraction of sp³-hybridized carbons (Fsp3) is 0.867. The predicted molar refractivity (Wildman–Crippen MR) is 75.9 cm³/mol. The van der Waals surface area contributed by atoms with Gasteiger partial charge in [-0.1, -0.05) is 25.7 Å². The average Bonchev–Trinajstić information content (AvgIpc) is 2.47. The number of esters is 1. The van der Waals surface area contributed by atoms with E-state index in [2.05, 4.69) is 5.32 Å². The molecule has 5 heteroatoms. The fourth-order valence-electron chi connectivity index (χ4n) is 3.53. The molecule has 2 fully saturated rings. The van der Waals surface area contributed by atoms with E-state index in [1.54, 1.807) is 0 Å². The molecule has 0 aromatic carbocycles. The summed E-state index contributed by atoms with van der Waals surface area (Å²) in [5.41, 5.74) is 5.14. The first-order chi connectivity index (χ1) is 9.57. The number of nitrogens with one attached hydrogen (secondary N) is 1. The summed E-state index contributed by atoms with van der Waals surface area (Å²) in [6.07, 6.45) is 7.98. The zero-order valence-corrected chi connectivity index (χ0v) is 12.3. The van der Waals surface area contributed by atoms with Crippen molar-refractivity contribution in [2.45, 2.75) is 69.4 Å². The largest absolute Gasteiger partial charge is 0.467 e. The molecule has 0 aromatic heterocycles. The minimum absolute atomic E-state index is 0.0209. The van der Waals surface area contributed by atoms with Crippen LogP contribution in [0.5, 0.6) is 0 Å². The van der Waals surface area contributed by atoms with E-state index >= 15 is 0 Å². The summed E-state index contributed by atoms with van der Waals surface area (Å²) in [6.45, 7) is 0. The lowest BCUT2D eigenvalue weighted by molar-refractivity contribution is -0.153. The number of nitrogens with two attached hydrogens (primary N) is 1. The van der Waals surface area contributed by atoms with Crippen LogP contribution in [0.15, 0.2) is 0 Å². The smallest absolute Gasteiger partial charge is 0.331 e. The molecule has 2 atom stereocenters. The van der Waals surface area contributed by atoms with E-state index in [-0.39, 0.29) is 23.8 Å². The van der Waals surface area contributed by atoms with Crippen LogP contribution in [0.2, 0.25) is 0 Å². The second-order valence-electron chi connectivity index (χ2n) is 6.25. The van der Waals surface area contributed by atoms with E-state index in [1.807, 2.05) is 0 Å². The van der Waals surface area contributed by atoms with Gasteiger partial charge in [0.25, 0.3) is 0 Å².